The first kappa shape index (κ1) is 15.8. The minimum absolute atomic E-state index is 0.297. The van der Waals surface area contributed by atoms with Crippen LogP contribution in [-0.4, -0.2) is 41.0 Å². The van der Waals surface area contributed by atoms with Gasteiger partial charge in [-0.15, -0.1) is 0 Å². The van der Waals surface area contributed by atoms with E-state index in [-0.39, 0.29) is 5.91 Å². The quantitative estimate of drug-likeness (QED) is 0.854. The van der Waals surface area contributed by atoms with Crippen LogP contribution < -0.4 is 5.32 Å². The molecule has 1 atom stereocenters. The van der Waals surface area contributed by atoms with Gasteiger partial charge >= 0.3 is 6.18 Å². The first-order valence-electron chi connectivity index (χ1n) is 6.37. The molecule has 0 bridgehead atoms. The van der Waals surface area contributed by atoms with Gasteiger partial charge in [0.1, 0.15) is 11.6 Å². The van der Waals surface area contributed by atoms with E-state index in [1.807, 2.05) is 0 Å². The van der Waals surface area contributed by atoms with Gasteiger partial charge in [0, 0.05) is 6.54 Å². The van der Waals surface area contributed by atoms with Crippen molar-refractivity contribution >= 4 is 11.8 Å². The molecule has 7 heteroatoms. The van der Waals surface area contributed by atoms with Crippen molar-refractivity contribution < 1.29 is 22.8 Å². The second-order valence-corrected chi connectivity index (χ2v) is 4.79. The molecule has 1 saturated heterocycles. The van der Waals surface area contributed by atoms with Crippen molar-refractivity contribution in [2.75, 3.05) is 6.54 Å². The third-order valence-corrected chi connectivity index (χ3v) is 3.71. The molecule has 110 valence electrons. The van der Waals surface area contributed by atoms with Gasteiger partial charge in [0.25, 0.3) is 0 Å². The normalized spacial score (nSPS) is 23.5. The van der Waals surface area contributed by atoms with Crippen LogP contribution in [0, 0.1) is 0 Å². The molecular weight excluding hydrogens is 261 g/mol. The van der Waals surface area contributed by atoms with E-state index in [1.54, 1.807) is 13.8 Å². The van der Waals surface area contributed by atoms with Crippen molar-refractivity contribution in [3.63, 3.8) is 0 Å². The highest BCUT2D eigenvalue weighted by atomic mass is 19.4. The number of alkyl halides is 3. The smallest absolute Gasteiger partial charge is 0.343 e. The molecule has 19 heavy (non-hydrogen) atoms. The Labute approximate surface area is 110 Å². The lowest BCUT2D eigenvalue weighted by atomic mass is 9.86. The number of nitrogens with zero attached hydrogens (tertiary/aromatic N) is 1. The Morgan fingerprint density at radius 3 is 2.21 bits per heavy atom. The largest absolute Gasteiger partial charge is 0.390 e. The van der Waals surface area contributed by atoms with E-state index in [9.17, 15) is 22.8 Å². The average molecular weight is 280 g/mol. The maximum absolute atomic E-state index is 12.4. The zero-order valence-electron chi connectivity index (χ0n) is 11.3. The van der Waals surface area contributed by atoms with Crippen molar-refractivity contribution in [2.45, 2.75) is 57.8 Å². The highest BCUT2D eigenvalue weighted by molar-refractivity contribution is 5.99. The summed E-state index contributed by atoms with van der Waals surface area (Å²) in [4.78, 5) is 25.2. The molecule has 2 amide bonds. The Balaban J connectivity index is 3.03. The molecule has 1 aliphatic rings. The van der Waals surface area contributed by atoms with E-state index in [0.29, 0.717) is 12.8 Å². The summed E-state index contributed by atoms with van der Waals surface area (Å²) in [6, 6.07) is -0.771. The molecule has 1 aliphatic heterocycles. The van der Waals surface area contributed by atoms with Crippen molar-refractivity contribution in [3.8, 4) is 0 Å². The Morgan fingerprint density at radius 2 is 1.79 bits per heavy atom. The molecular formula is C12H19F3N2O2. The lowest BCUT2D eigenvalue weighted by Gasteiger charge is -2.47. The number of rotatable bonds is 4. The summed E-state index contributed by atoms with van der Waals surface area (Å²) in [5.41, 5.74) is -1.16. The topological polar surface area (TPSA) is 49.4 Å². The number of nitrogens with one attached hydrogen (secondary N) is 1. The third-order valence-electron chi connectivity index (χ3n) is 3.71. The van der Waals surface area contributed by atoms with Gasteiger partial charge < -0.3 is 10.2 Å². The molecule has 0 radical (unpaired) electrons. The van der Waals surface area contributed by atoms with Crippen LogP contribution in [0.15, 0.2) is 0 Å². The van der Waals surface area contributed by atoms with Crippen LogP contribution in [0.1, 0.15) is 40.0 Å². The molecule has 0 aromatic carbocycles. The molecule has 1 heterocycles. The van der Waals surface area contributed by atoms with Gasteiger partial charge in [-0.3, -0.25) is 9.59 Å². The number of amides is 2. The molecule has 0 spiro atoms. The van der Waals surface area contributed by atoms with Gasteiger partial charge in [-0.1, -0.05) is 13.8 Å². The highest BCUT2D eigenvalue weighted by Gasteiger charge is 2.49. The van der Waals surface area contributed by atoms with Gasteiger partial charge in [-0.2, -0.15) is 13.2 Å². The summed E-state index contributed by atoms with van der Waals surface area (Å²) < 4.78 is 37.1. The first-order valence-corrected chi connectivity index (χ1v) is 6.37. The van der Waals surface area contributed by atoms with Gasteiger partial charge in [-0.25, -0.2) is 0 Å². The number of hydrogen-bond acceptors (Lipinski definition) is 2. The summed E-state index contributed by atoms with van der Waals surface area (Å²) >= 11 is 0. The van der Waals surface area contributed by atoms with Crippen LogP contribution in [0.2, 0.25) is 0 Å². The van der Waals surface area contributed by atoms with Crippen molar-refractivity contribution in [2.24, 2.45) is 0 Å². The van der Waals surface area contributed by atoms with Crippen molar-refractivity contribution in [3.05, 3.63) is 0 Å². The van der Waals surface area contributed by atoms with Gasteiger partial charge in [0.05, 0.1) is 6.42 Å². The zero-order chi connectivity index (χ0) is 14.8. The monoisotopic (exact) mass is 280 g/mol. The molecule has 0 aliphatic carbocycles. The van der Waals surface area contributed by atoms with E-state index >= 15 is 0 Å². The van der Waals surface area contributed by atoms with Gasteiger partial charge in [-0.05, 0) is 19.8 Å². The fraction of sp³-hybridized carbons (Fsp3) is 0.833. The standard InChI is InChI=1S/C12H19F3N2O2/c1-4-11(5-2)10(19)16-8(3)9(18)17(11)7-6-12(13,14)15/h8H,4-7H2,1-3H3,(H,16,19). The Kier molecular flexibility index (Phi) is 4.47. The Hall–Kier alpha value is -1.27. The number of halogens is 3. The second kappa shape index (κ2) is 5.38. The predicted molar refractivity (Wildman–Crippen MR) is 63.3 cm³/mol. The van der Waals surface area contributed by atoms with E-state index in [4.69, 9.17) is 0 Å². The number of hydrogen-bond donors (Lipinski definition) is 1. The van der Waals surface area contributed by atoms with Gasteiger partial charge in [0.2, 0.25) is 11.8 Å². The molecule has 1 fully saturated rings. The van der Waals surface area contributed by atoms with Crippen LogP contribution in [0.5, 0.6) is 0 Å². The lowest BCUT2D eigenvalue weighted by Crippen LogP contribution is -2.70. The van der Waals surface area contributed by atoms with E-state index < -0.39 is 36.6 Å². The summed E-state index contributed by atoms with van der Waals surface area (Å²) in [6.07, 6.45) is -4.84. The zero-order valence-corrected chi connectivity index (χ0v) is 11.3. The molecule has 1 rings (SSSR count). The fourth-order valence-corrected chi connectivity index (χ4v) is 2.48. The maximum atomic E-state index is 12.4. The van der Waals surface area contributed by atoms with E-state index in [1.165, 1.54) is 6.92 Å². The fourth-order valence-electron chi connectivity index (χ4n) is 2.48. The maximum Gasteiger partial charge on any atom is 0.390 e. The lowest BCUT2D eigenvalue weighted by molar-refractivity contribution is -0.166. The SMILES string of the molecule is CCC1(CC)C(=O)NC(C)C(=O)N1CCC(F)(F)F. The van der Waals surface area contributed by atoms with Crippen LogP contribution in [-0.2, 0) is 9.59 Å². The number of piperazine rings is 1. The molecule has 4 nitrogen and oxygen atoms in total. The summed E-state index contributed by atoms with van der Waals surface area (Å²) in [7, 11) is 0. The molecule has 1 unspecified atom stereocenters. The summed E-state index contributed by atoms with van der Waals surface area (Å²) in [5.74, 6) is -0.820. The molecule has 0 saturated carbocycles. The van der Waals surface area contributed by atoms with Crippen LogP contribution >= 0.6 is 0 Å². The Bertz CT molecular complexity index is 364. The average Bonchev–Trinajstić information content (AvgIpc) is 2.31. The van der Waals surface area contributed by atoms with Crippen LogP contribution in [0.4, 0.5) is 13.2 Å². The van der Waals surface area contributed by atoms with Crippen molar-refractivity contribution in [1.29, 1.82) is 0 Å². The third kappa shape index (κ3) is 3.01. The minimum atomic E-state index is -4.34. The number of carbonyl (C=O) groups excluding carboxylic acids is 2. The second-order valence-electron chi connectivity index (χ2n) is 4.79. The summed E-state index contributed by atoms with van der Waals surface area (Å²) in [6.45, 7) is 4.41. The Morgan fingerprint density at radius 1 is 1.26 bits per heavy atom. The number of carbonyl (C=O) groups is 2. The van der Waals surface area contributed by atoms with E-state index in [2.05, 4.69) is 5.32 Å². The highest BCUT2D eigenvalue weighted by Crippen LogP contribution is 2.31. The van der Waals surface area contributed by atoms with Crippen LogP contribution in [0.3, 0.4) is 0 Å². The van der Waals surface area contributed by atoms with Crippen molar-refractivity contribution in [1.82, 2.24) is 10.2 Å². The van der Waals surface area contributed by atoms with E-state index in [0.717, 1.165) is 4.90 Å². The minimum Gasteiger partial charge on any atom is -0.343 e. The molecule has 1 N–H and O–H groups in total. The van der Waals surface area contributed by atoms with Gasteiger partial charge in [0.15, 0.2) is 0 Å². The summed E-state index contributed by atoms with van der Waals surface area (Å²) in [5, 5.41) is 2.54. The molecule has 0 aromatic heterocycles. The predicted octanol–water partition coefficient (Wildman–Crippen LogP) is 1.84. The van der Waals surface area contributed by atoms with Crippen LogP contribution in [0.25, 0.3) is 0 Å². The first-order chi connectivity index (χ1) is 8.68. The molecule has 0 aromatic rings.